The number of carbonyl (C=O) groups excluding carboxylic acids is 1. The molecule has 0 bridgehead atoms. The third-order valence-corrected chi connectivity index (χ3v) is 4.15. The molecule has 0 aliphatic carbocycles. The van der Waals surface area contributed by atoms with Crippen molar-refractivity contribution in [3.05, 3.63) is 23.8 Å². The second-order valence-electron chi connectivity index (χ2n) is 5.56. The third kappa shape index (κ3) is 3.13. The molecule has 114 valence electrons. The van der Waals surface area contributed by atoms with Crippen LogP contribution in [0.5, 0.6) is 0 Å². The summed E-state index contributed by atoms with van der Waals surface area (Å²) >= 11 is 0. The van der Waals surface area contributed by atoms with E-state index in [2.05, 4.69) is 10.6 Å². The number of ether oxygens (including phenoxy) is 1. The van der Waals surface area contributed by atoms with E-state index < -0.39 is 0 Å². The van der Waals surface area contributed by atoms with Gasteiger partial charge in [-0.25, -0.2) is 0 Å². The van der Waals surface area contributed by atoms with Crippen molar-refractivity contribution < 1.29 is 9.53 Å². The number of rotatable bonds is 3. The van der Waals surface area contributed by atoms with Crippen LogP contribution >= 0.6 is 0 Å². The Morgan fingerprint density at radius 2 is 1.95 bits per heavy atom. The summed E-state index contributed by atoms with van der Waals surface area (Å²) in [6.45, 7) is 6.15. The lowest BCUT2D eigenvalue weighted by Gasteiger charge is -2.32. The van der Waals surface area contributed by atoms with E-state index in [0.29, 0.717) is 6.10 Å². The van der Waals surface area contributed by atoms with Crippen molar-refractivity contribution >= 4 is 17.3 Å². The summed E-state index contributed by atoms with van der Waals surface area (Å²) in [5, 5.41) is 6.66. The Morgan fingerprint density at radius 3 is 2.67 bits per heavy atom. The highest BCUT2D eigenvalue weighted by atomic mass is 16.5. The SMILES string of the molecule is CCOC1CCN(C(=O)c2ccc3c(c2)NCCN3)CC1. The zero-order valence-electron chi connectivity index (χ0n) is 12.5. The predicted octanol–water partition coefficient (Wildman–Crippen LogP) is 2.17. The van der Waals surface area contributed by atoms with Crippen LogP contribution in [0, 0.1) is 0 Å². The lowest BCUT2D eigenvalue weighted by Crippen LogP contribution is -2.41. The Kier molecular flexibility index (Phi) is 4.29. The van der Waals surface area contributed by atoms with E-state index in [1.54, 1.807) is 0 Å². The Hall–Kier alpha value is -1.75. The van der Waals surface area contributed by atoms with Gasteiger partial charge >= 0.3 is 0 Å². The maximum Gasteiger partial charge on any atom is 0.253 e. The minimum atomic E-state index is 0.125. The summed E-state index contributed by atoms with van der Waals surface area (Å²) in [7, 11) is 0. The first kappa shape index (κ1) is 14.2. The molecule has 1 aromatic rings. The van der Waals surface area contributed by atoms with Crippen LogP contribution in [0.2, 0.25) is 0 Å². The number of hydrogen-bond acceptors (Lipinski definition) is 4. The molecule has 5 nitrogen and oxygen atoms in total. The summed E-state index contributed by atoms with van der Waals surface area (Å²) < 4.78 is 5.63. The number of likely N-dealkylation sites (tertiary alicyclic amines) is 1. The molecule has 2 aliphatic heterocycles. The number of carbonyl (C=O) groups is 1. The molecular weight excluding hydrogens is 266 g/mol. The highest BCUT2D eigenvalue weighted by molar-refractivity contribution is 5.96. The van der Waals surface area contributed by atoms with Crippen LogP contribution in [0.4, 0.5) is 11.4 Å². The van der Waals surface area contributed by atoms with Gasteiger partial charge in [-0.3, -0.25) is 4.79 Å². The van der Waals surface area contributed by atoms with E-state index >= 15 is 0 Å². The smallest absolute Gasteiger partial charge is 0.253 e. The van der Waals surface area contributed by atoms with Crippen LogP contribution in [0.15, 0.2) is 18.2 Å². The maximum absolute atomic E-state index is 12.6. The average molecular weight is 289 g/mol. The number of nitrogens with one attached hydrogen (secondary N) is 2. The van der Waals surface area contributed by atoms with Gasteiger partial charge in [0.25, 0.3) is 5.91 Å². The molecule has 1 saturated heterocycles. The summed E-state index contributed by atoms with van der Waals surface area (Å²) in [4.78, 5) is 14.5. The molecule has 5 heteroatoms. The second-order valence-corrected chi connectivity index (χ2v) is 5.56. The number of benzene rings is 1. The Morgan fingerprint density at radius 1 is 1.24 bits per heavy atom. The van der Waals surface area contributed by atoms with Crippen molar-refractivity contribution in [2.45, 2.75) is 25.9 Å². The van der Waals surface area contributed by atoms with Gasteiger partial charge in [-0.05, 0) is 38.0 Å². The van der Waals surface area contributed by atoms with Crippen molar-refractivity contribution in [1.29, 1.82) is 0 Å². The van der Waals surface area contributed by atoms with Gasteiger partial charge in [-0.15, -0.1) is 0 Å². The Bertz CT molecular complexity index is 510. The van der Waals surface area contributed by atoms with Gasteiger partial charge in [0.2, 0.25) is 0 Å². The first-order valence-corrected chi connectivity index (χ1v) is 7.80. The van der Waals surface area contributed by atoms with Crippen LogP contribution < -0.4 is 10.6 Å². The van der Waals surface area contributed by atoms with E-state index in [1.807, 2.05) is 30.0 Å². The molecule has 0 aromatic heterocycles. The molecule has 2 N–H and O–H groups in total. The van der Waals surface area contributed by atoms with Crippen molar-refractivity contribution in [2.75, 3.05) is 43.4 Å². The maximum atomic E-state index is 12.6. The summed E-state index contributed by atoms with van der Waals surface area (Å²) in [5.74, 6) is 0.125. The molecule has 1 fully saturated rings. The quantitative estimate of drug-likeness (QED) is 0.895. The standard InChI is InChI=1S/C16H23N3O2/c1-2-21-13-5-9-19(10-6-13)16(20)12-3-4-14-15(11-12)18-8-7-17-14/h3-4,11,13,17-18H,2,5-10H2,1H3. The monoisotopic (exact) mass is 289 g/mol. The zero-order valence-corrected chi connectivity index (χ0v) is 12.5. The number of piperidine rings is 1. The fourth-order valence-electron chi connectivity index (χ4n) is 3.02. The zero-order chi connectivity index (χ0) is 14.7. The Labute approximate surface area is 125 Å². The second kappa shape index (κ2) is 6.35. The number of amides is 1. The van der Waals surface area contributed by atoms with E-state index in [9.17, 15) is 4.79 Å². The minimum Gasteiger partial charge on any atom is -0.382 e. The van der Waals surface area contributed by atoms with Crippen molar-refractivity contribution in [2.24, 2.45) is 0 Å². The molecule has 0 unspecified atom stereocenters. The Balaban J connectivity index is 1.66. The van der Waals surface area contributed by atoms with E-state index in [4.69, 9.17) is 4.74 Å². The molecule has 0 atom stereocenters. The minimum absolute atomic E-state index is 0.125. The van der Waals surface area contributed by atoms with Gasteiger partial charge in [-0.1, -0.05) is 0 Å². The lowest BCUT2D eigenvalue weighted by atomic mass is 10.1. The van der Waals surface area contributed by atoms with E-state index in [-0.39, 0.29) is 5.91 Å². The van der Waals surface area contributed by atoms with Gasteiger partial charge < -0.3 is 20.3 Å². The first-order chi connectivity index (χ1) is 10.3. The van der Waals surface area contributed by atoms with Crippen molar-refractivity contribution in [3.8, 4) is 0 Å². The summed E-state index contributed by atoms with van der Waals surface area (Å²) in [6.07, 6.45) is 2.18. The van der Waals surface area contributed by atoms with Crippen LogP contribution in [0.3, 0.4) is 0 Å². The largest absolute Gasteiger partial charge is 0.382 e. The average Bonchev–Trinajstić information content (AvgIpc) is 2.55. The number of hydrogen-bond donors (Lipinski definition) is 2. The van der Waals surface area contributed by atoms with Gasteiger partial charge in [0.15, 0.2) is 0 Å². The highest BCUT2D eigenvalue weighted by Crippen LogP contribution is 2.26. The molecule has 21 heavy (non-hydrogen) atoms. The molecule has 2 aliphatic rings. The van der Waals surface area contributed by atoms with Gasteiger partial charge in [0, 0.05) is 38.3 Å². The summed E-state index contributed by atoms with van der Waals surface area (Å²) in [5.41, 5.74) is 2.86. The lowest BCUT2D eigenvalue weighted by molar-refractivity contribution is 0.0146. The normalized spacial score (nSPS) is 18.6. The van der Waals surface area contributed by atoms with Crippen LogP contribution in [0.25, 0.3) is 0 Å². The predicted molar refractivity (Wildman–Crippen MR) is 84.0 cm³/mol. The van der Waals surface area contributed by atoms with Crippen LogP contribution in [-0.2, 0) is 4.74 Å². The molecule has 1 aromatic carbocycles. The molecular formula is C16H23N3O2. The number of nitrogens with zero attached hydrogens (tertiary/aromatic N) is 1. The first-order valence-electron chi connectivity index (χ1n) is 7.80. The molecule has 1 amide bonds. The topological polar surface area (TPSA) is 53.6 Å². The van der Waals surface area contributed by atoms with Crippen molar-refractivity contribution in [3.63, 3.8) is 0 Å². The molecule has 0 radical (unpaired) electrons. The van der Waals surface area contributed by atoms with Crippen LogP contribution in [0.1, 0.15) is 30.1 Å². The summed E-state index contributed by atoms with van der Waals surface area (Å²) in [6, 6.07) is 5.86. The number of fused-ring (bicyclic) bond motifs is 1. The van der Waals surface area contributed by atoms with Gasteiger partial charge in [0.1, 0.15) is 0 Å². The highest BCUT2D eigenvalue weighted by Gasteiger charge is 2.24. The van der Waals surface area contributed by atoms with Gasteiger partial charge in [-0.2, -0.15) is 0 Å². The fourth-order valence-corrected chi connectivity index (χ4v) is 3.02. The molecule has 2 heterocycles. The molecule has 0 saturated carbocycles. The third-order valence-electron chi connectivity index (χ3n) is 4.15. The van der Waals surface area contributed by atoms with Gasteiger partial charge in [0.05, 0.1) is 17.5 Å². The fraction of sp³-hybridized carbons (Fsp3) is 0.562. The van der Waals surface area contributed by atoms with E-state index in [1.165, 1.54) is 0 Å². The molecule has 3 rings (SSSR count). The van der Waals surface area contributed by atoms with E-state index in [0.717, 1.165) is 62.6 Å². The van der Waals surface area contributed by atoms with Crippen LogP contribution in [-0.4, -0.2) is 49.7 Å². The van der Waals surface area contributed by atoms with Crippen molar-refractivity contribution in [1.82, 2.24) is 4.90 Å². The number of anilines is 2. The molecule has 0 spiro atoms.